The van der Waals surface area contributed by atoms with Gasteiger partial charge < -0.3 is 15.2 Å². The molecule has 1 aromatic rings. The molecule has 5 heteroatoms. The zero-order valence-electron chi connectivity index (χ0n) is 9.02. The number of aromatic nitrogens is 2. The van der Waals surface area contributed by atoms with Crippen LogP contribution in [0.25, 0.3) is 0 Å². The Balaban J connectivity index is 2.97. The Bertz CT molecular complexity index is 298. The van der Waals surface area contributed by atoms with Crippen molar-refractivity contribution in [2.45, 2.75) is 19.1 Å². The lowest BCUT2D eigenvalue weighted by atomic mass is 10.1. The Morgan fingerprint density at radius 3 is 2.64 bits per heavy atom. The molecule has 0 aliphatic rings. The van der Waals surface area contributed by atoms with Crippen molar-refractivity contribution in [3.63, 3.8) is 0 Å². The average molecular weight is 199 g/mol. The molecular weight excluding hydrogens is 182 g/mol. The van der Waals surface area contributed by atoms with Crippen LogP contribution in [0.5, 0.6) is 5.75 Å². The highest BCUT2D eigenvalue weighted by molar-refractivity contribution is 5.28. The van der Waals surface area contributed by atoms with E-state index in [9.17, 15) is 0 Å². The van der Waals surface area contributed by atoms with Gasteiger partial charge in [0, 0.05) is 14.2 Å². The largest absolute Gasteiger partial charge is 0.493 e. The van der Waals surface area contributed by atoms with E-state index in [1.165, 1.54) is 0 Å². The third-order valence-corrected chi connectivity index (χ3v) is 2.36. The lowest BCUT2D eigenvalue weighted by Crippen LogP contribution is -2.27. The van der Waals surface area contributed by atoms with E-state index in [1.807, 2.05) is 14.0 Å². The summed E-state index contributed by atoms with van der Waals surface area (Å²) in [6.07, 6.45) is 1.58. The van der Waals surface area contributed by atoms with Gasteiger partial charge in [-0.2, -0.15) is 5.10 Å². The van der Waals surface area contributed by atoms with Crippen molar-refractivity contribution >= 4 is 0 Å². The second-order valence-corrected chi connectivity index (χ2v) is 3.19. The molecule has 1 rings (SSSR count). The monoisotopic (exact) mass is 199 g/mol. The Morgan fingerprint density at radius 1 is 1.50 bits per heavy atom. The van der Waals surface area contributed by atoms with E-state index in [0.717, 1.165) is 5.69 Å². The average Bonchev–Trinajstić information content (AvgIpc) is 2.57. The maximum atomic E-state index is 6.00. The fraction of sp³-hybridized carbons (Fsp3) is 0.667. The lowest BCUT2D eigenvalue weighted by molar-refractivity contribution is 0.0924. The highest BCUT2D eigenvalue weighted by Crippen LogP contribution is 2.25. The minimum Gasteiger partial charge on any atom is -0.493 e. The molecule has 14 heavy (non-hydrogen) atoms. The van der Waals surface area contributed by atoms with E-state index >= 15 is 0 Å². The first-order valence-electron chi connectivity index (χ1n) is 4.46. The first-order chi connectivity index (χ1) is 6.61. The molecule has 0 spiro atoms. The Kier molecular flexibility index (Phi) is 3.49. The van der Waals surface area contributed by atoms with E-state index < -0.39 is 0 Å². The summed E-state index contributed by atoms with van der Waals surface area (Å²) in [7, 11) is 5.07. The molecule has 0 amide bonds. The van der Waals surface area contributed by atoms with Crippen LogP contribution in [0.1, 0.15) is 18.7 Å². The summed E-state index contributed by atoms with van der Waals surface area (Å²) in [5.74, 6) is 0.698. The van der Waals surface area contributed by atoms with Crippen LogP contribution in [-0.4, -0.2) is 30.1 Å². The van der Waals surface area contributed by atoms with Crippen molar-refractivity contribution in [1.82, 2.24) is 9.78 Å². The summed E-state index contributed by atoms with van der Waals surface area (Å²) < 4.78 is 12.0. The topological polar surface area (TPSA) is 62.3 Å². The zero-order valence-corrected chi connectivity index (χ0v) is 9.02. The number of ether oxygens (including phenoxy) is 2. The summed E-state index contributed by atoms with van der Waals surface area (Å²) >= 11 is 0. The van der Waals surface area contributed by atoms with Crippen molar-refractivity contribution in [1.29, 1.82) is 0 Å². The number of methoxy groups -OCH3 is 2. The fourth-order valence-corrected chi connectivity index (χ4v) is 1.33. The van der Waals surface area contributed by atoms with Gasteiger partial charge in [-0.15, -0.1) is 0 Å². The van der Waals surface area contributed by atoms with Crippen LogP contribution < -0.4 is 10.5 Å². The summed E-state index contributed by atoms with van der Waals surface area (Å²) in [5.41, 5.74) is 6.85. The molecule has 1 aromatic heterocycles. The van der Waals surface area contributed by atoms with Crippen molar-refractivity contribution in [3.05, 3.63) is 11.9 Å². The predicted molar refractivity (Wildman–Crippen MR) is 53.2 cm³/mol. The number of nitrogens with zero attached hydrogens (tertiary/aromatic N) is 2. The molecule has 5 nitrogen and oxygen atoms in total. The SMILES string of the molecule is COc1cnn(C)c1C(N)C(C)OC. The number of hydrogen-bond donors (Lipinski definition) is 1. The highest BCUT2D eigenvalue weighted by atomic mass is 16.5. The van der Waals surface area contributed by atoms with Crippen molar-refractivity contribution in [2.24, 2.45) is 12.8 Å². The lowest BCUT2D eigenvalue weighted by Gasteiger charge is -2.19. The Labute approximate surface area is 83.8 Å². The van der Waals surface area contributed by atoms with Crippen LogP contribution in [0.15, 0.2) is 6.20 Å². The van der Waals surface area contributed by atoms with Crippen LogP contribution >= 0.6 is 0 Å². The summed E-state index contributed by atoms with van der Waals surface area (Å²) in [4.78, 5) is 0. The van der Waals surface area contributed by atoms with Crippen LogP contribution in [0.3, 0.4) is 0 Å². The second-order valence-electron chi connectivity index (χ2n) is 3.19. The number of hydrogen-bond acceptors (Lipinski definition) is 4. The minimum absolute atomic E-state index is 0.0701. The quantitative estimate of drug-likeness (QED) is 0.765. The van der Waals surface area contributed by atoms with Gasteiger partial charge in [0.25, 0.3) is 0 Å². The van der Waals surface area contributed by atoms with Gasteiger partial charge in [0.2, 0.25) is 0 Å². The van der Waals surface area contributed by atoms with Gasteiger partial charge in [0.15, 0.2) is 5.75 Å². The maximum Gasteiger partial charge on any atom is 0.161 e. The normalized spacial score (nSPS) is 15.2. The first kappa shape index (κ1) is 11.0. The minimum atomic E-state index is -0.234. The fourth-order valence-electron chi connectivity index (χ4n) is 1.33. The maximum absolute atomic E-state index is 6.00. The van der Waals surface area contributed by atoms with Gasteiger partial charge in [-0.1, -0.05) is 0 Å². The van der Waals surface area contributed by atoms with Gasteiger partial charge in [-0.3, -0.25) is 4.68 Å². The predicted octanol–water partition coefficient (Wildman–Crippen LogP) is 0.463. The van der Waals surface area contributed by atoms with E-state index in [4.69, 9.17) is 15.2 Å². The van der Waals surface area contributed by atoms with E-state index in [0.29, 0.717) is 5.75 Å². The second kappa shape index (κ2) is 4.43. The molecule has 0 radical (unpaired) electrons. The van der Waals surface area contributed by atoms with Gasteiger partial charge in [-0.25, -0.2) is 0 Å². The Hall–Kier alpha value is -1.07. The van der Waals surface area contributed by atoms with Gasteiger partial charge in [-0.05, 0) is 6.92 Å². The molecule has 2 atom stereocenters. The van der Waals surface area contributed by atoms with Gasteiger partial charge in [0.05, 0.1) is 31.1 Å². The number of nitrogens with two attached hydrogens (primary N) is 1. The molecule has 0 aliphatic carbocycles. The van der Waals surface area contributed by atoms with Crippen molar-refractivity contribution < 1.29 is 9.47 Å². The summed E-state index contributed by atoms with van der Waals surface area (Å²) in [6.45, 7) is 1.91. The molecular formula is C9H17N3O2. The van der Waals surface area contributed by atoms with Crippen molar-refractivity contribution in [2.75, 3.05) is 14.2 Å². The first-order valence-corrected chi connectivity index (χ1v) is 4.46. The molecule has 0 bridgehead atoms. The summed E-state index contributed by atoms with van der Waals surface area (Å²) in [6, 6.07) is -0.234. The third kappa shape index (κ3) is 1.88. The zero-order chi connectivity index (χ0) is 10.7. The van der Waals surface area contributed by atoms with Crippen LogP contribution in [-0.2, 0) is 11.8 Å². The van der Waals surface area contributed by atoms with E-state index in [-0.39, 0.29) is 12.1 Å². The number of rotatable bonds is 4. The standard InChI is InChI=1S/C9H17N3O2/c1-6(13-3)8(10)9-7(14-4)5-11-12(9)2/h5-6,8H,10H2,1-4H3. The summed E-state index contributed by atoms with van der Waals surface area (Å²) in [5, 5.41) is 4.08. The van der Waals surface area contributed by atoms with Crippen LogP contribution in [0, 0.1) is 0 Å². The molecule has 0 aromatic carbocycles. The smallest absolute Gasteiger partial charge is 0.161 e. The molecule has 0 saturated carbocycles. The molecule has 0 fully saturated rings. The molecule has 2 unspecified atom stereocenters. The van der Waals surface area contributed by atoms with E-state index in [2.05, 4.69) is 5.10 Å². The van der Waals surface area contributed by atoms with Crippen LogP contribution in [0.2, 0.25) is 0 Å². The van der Waals surface area contributed by atoms with Crippen LogP contribution in [0.4, 0.5) is 0 Å². The Morgan fingerprint density at radius 2 is 2.14 bits per heavy atom. The molecule has 0 aliphatic heterocycles. The van der Waals surface area contributed by atoms with Crippen molar-refractivity contribution in [3.8, 4) is 5.75 Å². The third-order valence-electron chi connectivity index (χ3n) is 2.36. The van der Waals surface area contributed by atoms with E-state index in [1.54, 1.807) is 25.1 Å². The molecule has 1 heterocycles. The highest BCUT2D eigenvalue weighted by Gasteiger charge is 2.22. The molecule has 2 N–H and O–H groups in total. The molecule has 80 valence electrons. The van der Waals surface area contributed by atoms with Gasteiger partial charge in [0.1, 0.15) is 0 Å². The number of aryl methyl sites for hydroxylation is 1. The van der Waals surface area contributed by atoms with Gasteiger partial charge >= 0.3 is 0 Å². The molecule has 0 saturated heterocycles.